The summed E-state index contributed by atoms with van der Waals surface area (Å²) in [5, 5.41) is 10.5. The summed E-state index contributed by atoms with van der Waals surface area (Å²) in [6.45, 7) is 4.10. The number of rotatable bonds is 2. The van der Waals surface area contributed by atoms with Gasteiger partial charge in [0.2, 0.25) is 0 Å². The fraction of sp³-hybridized carbons (Fsp3) is 0.294. The number of hydrogen-bond acceptors (Lipinski definition) is 2. The summed E-state index contributed by atoms with van der Waals surface area (Å²) in [5.41, 5.74) is 4.22. The zero-order valence-electron chi connectivity index (χ0n) is 11.3. The van der Waals surface area contributed by atoms with Crippen LogP contribution in [0.1, 0.15) is 35.3 Å². The second-order valence-corrected chi connectivity index (χ2v) is 5.32. The van der Waals surface area contributed by atoms with Crippen molar-refractivity contribution in [2.75, 3.05) is 0 Å². The number of ether oxygens (including phenoxy) is 1. The molecule has 2 aromatic carbocycles. The Morgan fingerprint density at radius 3 is 2.74 bits per heavy atom. The summed E-state index contributed by atoms with van der Waals surface area (Å²) < 4.78 is 5.68. The highest BCUT2D eigenvalue weighted by atomic mass is 16.5. The molecule has 1 heterocycles. The predicted molar refractivity (Wildman–Crippen MR) is 75.5 cm³/mol. The van der Waals surface area contributed by atoms with Crippen LogP contribution in [-0.4, -0.2) is 11.2 Å². The minimum absolute atomic E-state index is 0.237. The van der Waals surface area contributed by atoms with Crippen LogP contribution in [0, 0.1) is 6.92 Å². The minimum atomic E-state index is -0.568. The number of hydrogen-bond donors (Lipinski definition) is 1. The Hall–Kier alpha value is -1.80. The Morgan fingerprint density at radius 2 is 1.95 bits per heavy atom. The van der Waals surface area contributed by atoms with Gasteiger partial charge in [0.05, 0.1) is 0 Å². The number of fused-ring (bicyclic) bond motifs is 1. The molecule has 0 bridgehead atoms. The van der Waals surface area contributed by atoms with Gasteiger partial charge in [0, 0.05) is 6.42 Å². The SMILES string of the molecule is Cc1cccc(C(O)c2ccc3c(c2)CC(C)O3)c1. The molecule has 0 amide bonds. The van der Waals surface area contributed by atoms with Gasteiger partial charge in [0.25, 0.3) is 0 Å². The van der Waals surface area contributed by atoms with E-state index in [0.29, 0.717) is 0 Å². The molecular weight excluding hydrogens is 236 g/mol. The summed E-state index contributed by atoms with van der Waals surface area (Å²) >= 11 is 0. The van der Waals surface area contributed by atoms with E-state index in [9.17, 15) is 5.11 Å². The van der Waals surface area contributed by atoms with Gasteiger partial charge in [-0.2, -0.15) is 0 Å². The maximum Gasteiger partial charge on any atom is 0.123 e. The normalized spacial score (nSPS) is 18.8. The number of benzene rings is 2. The Morgan fingerprint density at radius 1 is 1.16 bits per heavy atom. The number of aryl methyl sites for hydroxylation is 1. The molecule has 0 saturated carbocycles. The van der Waals surface area contributed by atoms with Crippen LogP contribution < -0.4 is 4.74 Å². The summed E-state index contributed by atoms with van der Waals surface area (Å²) in [6.07, 6.45) is 0.589. The lowest BCUT2D eigenvalue weighted by molar-refractivity contribution is 0.220. The predicted octanol–water partition coefficient (Wildman–Crippen LogP) is 3.40. The first-order valence-electron chi connectivity index (χ1n) is 6.67. The minimum Gasteiger partial charge on any atom is -0.490 e. The Balaban J connectivity index is 1.93. The molecule has 98 valence electrons. The number of aliphatic hydroxyl groups is 1. The molecule has 0 radical (unpaired) electrons. The molecule has 1 aliphatic heterocycles. The van der Waals surface area contributed by atoms with E-state index in [4.69, 9.17) is 4.74 Å². The Kier molecular flexibility index (Phi) is 3.03. The molecule has 0 aromatic heterocycles. The van der Waals surface area contributed by atoms with Gasteiger partial charge in [-0.15, -0.1) is 0 Å². The first kappa shape index (κ1) is 12.2. The van der Waals surface area contributed by atoms with E-state index in [2.05, 4.69) is 13.0 Å². The maximum absolute atomic E-state index is 10.5. The van der Waals surface area contributed by atoms with Gasteiger partial charge in [0.15, 0.2) is 0 Å². The van der Waals surface area contributed by atoms with E-state index in [1.807, 2.05) is 43.3 Å². The standard InChI is InChI=1S/C17H18O2/c1-11-4-3-5-13(8-11)17(18)14-6-7-16-15(10-14)9-12(2)19-16/h3-8,10,12,17-18H,9H2,1-2H3. The van der Waals surface area contributed by atoms with Gasteiger partial charge < -0.3 is 9.84 Å². The molecule has 2 aromatic rings. The van der Waals surface area contributed by atoms with Crippen LogP contribution in [0.25, 0.3) is 0 Å². The van der Waals surface area contributed by atoms with E-state index in [-0.39, 0.29) is 6.10 Å². The van der Waals surface area contributed by atoms with Gasteiger partial charge in [0.1, 0.15) is 18.0 Å². The lowest BCUT2D eigenvalue weighted by Gasteiger charge is -2.13. The van der Waals surface area contributed by atoms with E-state index in [0.717, 1.165) is 28.9 Å². The molecule has 0 aliphatic carbocycles. The van der Waals surface area contributed by atoms with Gasteiger partial charge in [-0.05, 0) is 42.7 Å². The van der Waals surface area contributed by atoms with E-state index >= 15 is 0 Å². The Bertz CT molecular complexity index is 604. The summed E-state index contributed by atoms with van der Waals surface area (Å²) in [4.78, 5) is 0. The van der Waals surface area contributed by atoms with E-state index in [1.54, 1.807) is 0 Å². The molecule has 0 fully saturated rings. The van der Waals surface area contributed by atoms with Crippen LogP contribution in [-0.2, 0) is 6.42 Å². The molecule has 2 atom stereocenters. The van der Waals surface area contributed by atoms with Crippen LogP contribution in [0.3, 0.4) is 0 Å². The molecule has 2 nitrogen and oxygen atoms in total. The van der Waals surface area contributed by atoms with Crippen molar-refractivity contribution in [2.45, 2.75) is 32.5 Å². The monoisotopic (exact) mass is 254 g/mol. The number of aliphatic hydroxyl groups excluding tert-OH is 1. The van der Waals surface area contributed by atoms with E-state index in [1.165, 1.54) is 5.56 Å². The summed E-state index contributed by atoms with van der Waals surface area (Å²) in [6, 6.07) is 14.0. The molecule has 3 rings (SSSR count). The first-order valence-corrected chi connectivity index (χ1v) is 6.67. The van der Waals surface area contributed by atoms with Crippen molar-refractivity contribution in [3.05, 3.63) is 64.7 Å². The van der Waals surface area contributed by atoms with E-state index < -0.39 is 6.10 Å². The summed E-state index contributed by atoms with van der Waals surface area (Å²) in [7, 11) is 0. The van der Waals surface area contributed by atoms with Crippen molar-refractivity contribution >= 4 is 0 Å². The van der Waals surface area contributed by atoms with Gasteiger partial charge in [-0.1, -0.05) is 35.9 Å². The zero-order chi connectivity index (χ0) is 13.4. The first-order chi connectivity index (χ1) is 9.13. The fourth-order valence-corrected chi connectivity index (χ4v) is 2.64. The van der Waals surface area contributed by atoms with Gasteiger partial charge >= 0.3 is 0 Å². The summed E-state index contributed by atoms with van der Waals surface area (Å²) in [5.74, 6) is 0.952. The lowest BCUT2D eigenvalue weighted by atomic mass is 9.97. The molecule has 0 spiro atoms. The van der Waals surface area contributed by atoms with Crippen LogP contribution in [0.2, 0.25) is 0 Å². The fourth-order valence-electron chi connectivity index (χ4n) is 2.64. The topological polar surface area (TPSA) is 29.5 Å². The van der Waals surface area contributed by atoms with Crippen molar-refractivity contribution in [3.63, 3.8) is 0 Å². The molecule has 2 unspecified atom stereocenters. The average Bonchev–Trinajstić information content (AvgIpc) is 2.76. The largest absolute Gasteiger partial charge is 0.490 e. The highest BCUT2D eigenvalue weighted by molar-refractivity contribution is 5.43. The van der Waals surface area contributed by atoms with Crippen molar-refractivity contribution in [2.24, 2.45) is 0 Å². The van der Waals surface area contributed by atoms with Crippen LogP contribution >= 0.6 is 0 Å². The molecular formula is C17H18O2. The molecule has 1 aliphatic rings. The second-order valence-electron chi connectivity index (χ2n) is 5.32. The molecule has 1 N–H and O–H groups in total. The lowest BCUT2D eigenvalue weighted by Crippen LogP contribution is -2.05. The smallest absolute Gasteiger partial charge is 0.123 e. The zero-order valence-corrected chi connectivity index (χ0v) is 11.3. The van der Waals surface area contributed by atoms with Crippen LogP contribution in [0.15, 0.2) is 42.5 Å². The highest BCUT2D eigenvalue weighted by Gasteiger charge is 2.20. The molecule has 2 heteroatoms. The van der Waals surface area contributed by atoms with Crippen molar-refractivity contribution in [1.82, 2.24) is 0 Å². The molecule has 0 saturated heterocycles. The van der Waals surface area contributed by atoms with Crippen LogP contribution in [0.4, 0.5) is 0 Å². The van der Waals surface area contributed by atoms with Crippen molar-refractivity contribution < 1.29 is 9.84 Å². The van der Waals surface area contributed by atoms with Gasteiger partial charge in [-0.25, -0.2) is 0 Å². The Labute approximate surface area is 113 Å². The average molecular weight is 254 g/mol. The highest BCUT2D eigenvalue weighted by Crippen LogP contribution is 2.32. The third-order valence-corrected chi connectivity index (χ3v) is 3.59. The quantitative estimate of drug-likeness (QED) is 0.890. The third kappa shape index (κ3) is 2.36. The van der Waals surface area contributed by atoms with Crippen molar-refractivity contribution in [3.8, 4) is 5.75 Å². The maximum atomic E-state index is 10.5. The van der Waals surface area contributed by atoms with Crippen LogP contribution in [0.5, 0.6) is 5.75 Å². The van der Waals surface area contributed by atoms with Crippen molar-refractivity contribution in [1.29, 1.82) is 0 Å². The molecule has 19 heavy (non-hydrogen) atoms. The third-order valence-electron chi connectivity index (χ3n) is 3.59. The van der Waals surface area contributed by atoms with Gasteiger partial charge in [-0.3, -0.25) is 0 Å². The second kappa shape index (κ2) is 4.71.